The Kier molecular flexibility index (Phi) is 6.77. The largest absolute Gasteiger partial charge is 0.396 e. The van der Waals surface area contributed by atoms with Gasteiger partial charge in [-0.25, -0.2) is 0 Å². The van der Waals surface area contributed by atoms with Gasteiger partial charge in [0, 0.05) is 13.7 Å². The summed E-state index contributed by atoms with van der Waals surface area (Å²) < 4.78 is 5.75. The van der Waals surface area contributed by atoms with Crippen molar-refractivity contribution < 1.29 is 9.84 Å². The molecule has 0 aliphatic heterocycles. The van der Waals surface area contributed by atoms with Crippen LogP contribution in [-0.4, -0.2) is 24.9 Å². The van der Waals surface area contributed by atoms with Crippen LogP contribution in [0.25, 0.3) is 0 Å². The molecule has 0 spiro atoms. The summed E-state index contributed by atoms with van der Waals surface area (Å²) in [5, 5.41) is 9.34. The van der Waals surface area contributed by atoms with E-state index in [2.05, 4.69) is 33.8 Å². The third-order valence-corrected chi connectivity index (χ3v) is 10.8. The van der Waals surface area contributed by atoms with E-state index in [1.807, 2.05) is 7.11 Å². The molecule has 0 saturated heterocycles. The van der Waals surface area contributed by atoms with Crippen molar-refractivity contribution in [2.24, 2.45) is 46.3 Å². The molecule has 0 radical (unpaired) electrons. The lowest BCUT2D eigenvalue weighted by Crippen LogP contribution is -2.50. The number of ether oxygens (including phenoxy) is 1. The van der Waals surface area contributed by atoms with Crippen LogP contribution < -0.4 is 0 Å². The molecule has 3 saturated carbocycles. The third kappa shape index (κ3) is 3.83. The smallest absolute Gasteiger partial charge is 0.0608 e. The highest BCUT2D eigenvalue weighted by atomic mass is 16.5. The lowest BCUT2D eigenvalue weighted by Gasteiger charge is -2.58. The third-order valence-electron chi connectivity index (χ3n) is 10.8. The Labute approximate surface area is 186 Å². The molecular weight excluding hydrogens is 368 g/mol. The fourth-order valence-corrected chi connectivity index (χ4v) is 8.88. The lowest BCUT2D eigenvalue weighted by atomic mass is 9.47. The predicted octanol–water partition coefficient (Wildman–Crippen LogP) is 7.02. The van der Waals surface area contributed by atoms with Crippen LogP contribution in [0.4, 0.5) is 0 Å². The number of hydrogen-bond acceptors (Lipinski definition) is 2. The van der Waals surface area contributed by atoms with E-state index in [-0.39, 0.29) is 0 Å². The number of rotatable bonds is 7. The van der Waals surface area contributed by atoms with Crippen molar-refractivity contribution in [3.05, 3.63) is 11.6 Å². The van der Waals surface area contributed by atoms with Crippen molar-refractivity contribution in [1.82, 2.24) is 0 Å². The molecule has 0 amide bonds. The van der Waals surface area contributed by atoms with Crippen LogP contribution in [-0.2, 0) is 4.74 Å². The van der Waals surface area contributed by atoms with E-state index < -0.39 is 0 Å². The Morgan fingerprint density at radius 1 is 1.07 bits per heavy atom. The molecule has 4 rings (SSSR count). The molecule has 172 valence electrons. The number of aliphatic hydroxyl groups excluding tert-OH is 1. The highest BCUT2D eigenvalue weighted by molar-refractivity contribution is 5.25. The summed E-state index contributed by atoms with van der Waals surface area (Å²) in [6, 6.07) is 0. The van der Waals surface area contributed by atoms with Crippen LogP contribution in [0.15, 0.2) is 11.6 Å². The van der Waals surface area contributed by atoms with Crippen molar-refractivity contribution in [3.63, 3.8) is 0 Å². The van der Waals surface area contributed by atoms with Gasteiger partial charge in [0.05, 0.1) is 6.10 Å². The Morgan fingerprint density at radius 2 is 1.87 bits per heavy atom. The number of aliphatic hydroxyl groups is 1. The van der Waals surface area contributed by atoms with Gasteiger partial charge in [-0.1, -0.05) is 52.2 Å². The minimum absolute atomic E-state index is 0.347. The van der Waals surface area contributed by atoms with Crippen molar-refractivity contribution in [3.8, 4) is 0 Å². The zero-order valence-corrected chi connectivity index (χ0v) is 20.5. The summed E-state index contributed by atoms with van der Waals surface area (Å²) in [5.41, 5.74) is 2.75. The SMILES string of the molecule is CO[C@H]1CC[C@@]2(C)C(=CC[C@H]3[C@@H]4CC[C@H]([C@H](C)CCC[C@H](C)CO)[C@@]4(C)CC[C@@H]32)C1. The quantitative estimate of drug-likeness (QED) is 0.452. The predicted molar refractivity (Wildman–Crippen MR) is 125 cm³/mol. The molecule has 0 bridgehead atoms. The van der Waals surface area contributed by atoms with E-state index in [1.165, 1.54) is 70.6 Å². The number of hydrogen-bond donors (Lipinski definition) is 1. The molecule has 30 heavy (non-hydrogen) atoms. The second-order valence-corrected chi connectivity index (χ2v) is 12.3. The van der Waals surface area contributed by atoms with Gasteiger partial charge in [-0.3, -0.25) is 0 Å². The summed E-state index contributed by atoms with van der Waals surface area (Å²) in [7, 11) is 1.90. The Hall–Kier alpha value is -0.340. The van der Waals surface area contributed by atoms with Crippen LogP contribution in [0.3, 0.4) is 0 Å². The summed E-state index contributed by atoms with van der Waals surface area (Å²) in [6.07, 6.45) is 17.9. The van der Waals surface area contributed by atoms with Crippen molar-refractivity contribution in [1.29, 1.82) is 0 Å². The second kappa shape index (κ2) is 8.89. The van der Waals surface area contributed by atoms with E-state index in [0.717, 1.165) is 29.6 Å². The normalized spacial score (nSPS) is 45.1. The van der Waals surface area contributed by atoms with Gasteiger partial charge in [-0.2, -0.15) is 0 Å². The standard InChI is InChI=1S/C28H48O2/c1-19(18-29)7-6-8-20(2)24-11-12-25-23-10-9-21-17-22(30-5)13-15-27(21,3)26(23)14-16-28(24,25)4/h9,19-20,22-26,29H,6-8,10-18H2,1-5H3/t19-,20+,22-,23-,24+,25-,26-,27-,28+/m0/s1. The fourth-order valence-electron chi connectivity index (χ4n) is 8.88. The van der Waals surface area contributed by atoms with Crippen LogP contribution in [0, 0.1) is 46.3 Å². The van der Waals surface area contributed by atoms with Crippen LogP contribution in [0.1, 0.15) is 98.3 Å². The van der Waals surface area contributed by atoms with Gasteiger partial charge >= 0.3 is 0 Å². The molecule has 2 nitrogen and oxygen atoms in total. The van der Waals surface area contributed by atoms with Gasteiger partial charge in [0.1, 0.15) is 0 Å². The fraction of sp³-hybridized carbons (Fsp3) is 0.929. The summed E-state index contributed by atoms with van der Waals surface area (Å²) in [4.78, 5) is 0. The maximum atomic E-state index is 9.34. The summed E-state index contributed by atoms with van der Waals surface area (Å²) in [5.74, 6) is 4.99. The monoisotopic (exact) mass is 416 g/mol. The first-order chi connectivity index (χ1) is 14.3. The minimum atomic E-state index is 0.347. The Bertz CT molecular complexity index is 626. The highest BCUT2D eigenvalue weighted by Crippen LogP contribution is 2.67. The molecule has 4 aliphatic rings. The Balaban J connectivity index is 1.45. The number of fused-ring (bicyclic) bond motifs is 5. The van der Waals surface area contributed by atoms with Gasteiger partial charge < -0.3 is 9.84 Å². The summed E-state index contributed by atoms with van der Waals surface area (Å²) >= 11 is 0. The Morgan fingerprint density at radius 3 is 2.60 bits per heavy atom. The van der Waals surface area contributed by atoms with Crippen LogP contribution >= 0.6 is 0 Å². The van der Waals surface area contributed by atoms with Gasteiger partial charge in [0.2, 0.25) is 0 Å². The molecule has 1 N–H and O–H groups in total. The average molecular weight is 417 g/mol. The molecule has 4 aliphatic carbocycles. The zero-order chi connectivity index (χ0) is 21.5. The van der Waals surface area contributed by atoms with E-state index in [1.54, 1.807) is 5.57 Å². The molecule has 0 aromatic carbocycles. The molecule has 0 unspecified atom stereocenters. The van der Waals surface area contributed by atoms with Gasteiger partial charge in [-0.15, -0.1) is 0 Å². The zero-order valence-electron chi connectivity index (χ0n) is 20.5. The molecule has 9 atom stereocenters. The maximum Gasteiger partial charge on any atom is 0.0608 e. The van der Waals surface area contributed by atoms with Crippen molar-refractivity contribution >= 4 is 0 Å². The molecule has 3 fully saturated rings. The van der Waals surface area contributed by atoms with E-state index in [9.17, 15) is 5.11 Å². The first-order valence-corrected chi connectivity index (χ1v) is 13.2. The van der Waals surface area contributed by atoms with Gasteiger partial charge in [-0.05, 0) is 104 Å². The van der Waals surface area contributed by atoms with E-state index in [0.29, 0.717) is 29.5 Å². The minimum Gasteiger partial charge on any atom is -0.396 e. The number of methoxy groups -OCH3 is 1. The molecule has 2 heteroatoms. The summed E-state index contributed by atoms with van der Waals surface area (Å²) in [6.45, 7) is 10.4. The van der Waals surface area contributed by atoms with Crippen molar-refractivity contribution in [2.75, 3.05) is 13.7 Å². The molecule has 0 aromatic heterocycles. The topological polar surface area (TPSA) is 29.5 Å². The van der Waals surface area contributed by atoms with Crippen LogP contribution in [0.2, 0.25) is 0 Å². The average Bonchev–Trinajstić information content (AvgIpc) is 3.10. The van der Waals surface area contributed by atoms with Crippen LogP contribution in [0.5, 0.6) is 0 Å². The first-order valence-electron chi connectivity index (χ1n) is 13.2. The molecule has 0 aromatic rings. The van der Waals surface area contributed by atoms with E-state index >= 15 is 0 Å². The maximum absolute atomic E-state index is 9.34. The lowest BCUT2D eigenvalue weighted by molar-refractivity contribution is -0.0601. The number of allylic oxidation sites excluding steroid dienone is 1. The van der Waals surface area contributed by atoms with Crippen molar-refractivity contribution in [2.45, 2.75) is 104 Å². The first kappa shape index (κ1) is 22.8. The van der Waals surface area contributed by atoms with Gasteiger partial charge in [0.15, 0.2) is 0 Å². The van der Waals surface area contributed by atoms with E-state index in [4.69, 9.17) is 4.74 Å². The highest BCUT2D eigenvalue weighted by Gasteiger charge is 2.59. The molecule has 0 heterocycles. The molecular formula is C28H48O2. The second-order valence-electron chi connectivity index (χ2n) is 12.3. The van der Waals surface area contributed by atoms with Gasteiger partial charge in [0.25, 0.3) is 0 Å².